The molecule has 0 saturated carbocycles. The van der Waals surface area contributed by atoms with Crippen molar-refractivity contribution in [2.45, 2.75) is 6.54 Å². The second kappa shape index (κ2) is 5.02. The molecule has 5 heteroatoms. The largest absolute Gasteiger partial charge is 0.506 e. The molecule has 3 aromatic rings. The van der Waals surface area contributed by atoms with E-state index >= 15 is 0 Å². The van der Waals surface area contributed by atoms with E-state index in [-0.39, 0.29) is 11.3 Å². The molecule has 2 aromatic heterocycles. The minimum absolute atomic E-state index is 0.0472. The van der Waals surface area contributed by atoms with E-state index in [0.717, 1.165) is 21.5 Å². The van der Waals surface area contributed by atoms with Crippen molar-refractivity contribution in [3.8, 4) is 11.5 Å². The molecular weight excluding hydrogens is 274 g/mol. The smallest absolute Gasteiger partial charge is 0.255 e. The summed E-state index contributed by atoms with van der Waals surface area (Å²) in [6, 6.07) is 10.7. The van der Waals surface area contributed by atoms with Crippen LogP contribution in [0.25, 0.3) is 10.2 Å². The predicted molar refractivity (Wildman–Crippen MR) is 79.8 cm³/mol. The molecule has 2 heterocycles. The van der Waals surface area contributed by atoms with E-state index in [4.69, 9.17) is 4.74 Å². The zero-order valence-corrected chi connectivity index (χ0v) is 11.7. The summed E-state index contributed by atoms with van der Waals surface area (Å²) in [4.78, 5) is 12.1. The van der Waals surface area contributed by atoms with Gasteiger partial charge in [-0.3, -0.25) is 4.79 Å². The van der Waals surface area contributed by atoms with Gasteiger partial charge in [-0.05, 0) is 29.1 Å². The highest BCUT2D eigenvalue weighted by atomic mass is 32.1. The van der Waals surface area contributed by atoms with Crippen LogP contribution in [0.5, 0.6) is 11.5 Å². The van der Waals surface area contributed by atoms with Crippen LogP contribution in [-0.2, 0) is 6.54 Å². The number of aromatic nitrogens is 1. The average molecular weight is 287 g/mol. The molecule has 1 aromatic carbocycles. The van der Waals surface area contributed by atoms with Crippen LogP contribution in [0.2, 0.25) is 0 Å². The summed E-state index contributed by atoms with van der Waals surface area (Å²) in [7, 11) is 1.62. The molecule has 3 rings (SSSR count). The van der Waals surface area contributed by atoms with Gasteiger partial charge in [-0.25, -0.2) is 0 Å². The van der Waals surface area contributed by atoms with Gasteiger partial charge in [0.05, 0.1) is 23.9 Å². The number of benzene rings is 1. The Morgan fingerprint density at radius 1 is 1.25 bits per heavy atom. The number of pyridine rings is 1. The van der Waals surface area contributed by atoms with Crippen LogP contribution in [0.3, 0.4) is 0 Å². The van der Waals surface area contributed by atoms with Gasteiger partial charge in [0, 0.05) is 6.07 Å². The number of thiophene rings is 1. The van der Waals surface area contributed by atoms with Crippen molar-refractivity contribution in [1.29, 1.82) is 0 Å². The summed E-state index contributed by atoms with van der Waals surface area (Å²) in [5.74, 6) is 0.832. The number of rotatable bonds is 3. The predicted octanol–water partition coefficient (Wildman–Crippen LogP) is 2.83. The van der Waals surface area contributed by atoms with Crippen LogP contribution in [0.1, 0.15) is 5.56 Å². The molecule has 20 heavy (non-hydrogen) atoms. The lowest BCUT2D eigenvalue weighted by molar-refractivity contribution is 0.414. The molecule has 0 saturated heterocycles. The van der Waals surface area contributed by atoms with E-state index in [1.54, 1.807) is 11.7 Å². The molecule has 0 fully saturated rings. The molecule has 0 amide bonds. The zero-order chi connectivity index (χ0) is 14.1. The zero-order valence-electron chi connectivity index (χ0n) is 10.9. The quantitative estimate of drug-likeness (QED) is 0.806. The molecule has 0 spiro atoms. The Labute approximate surface area is 119 Å². The second-order valence-corrected chi connectivity index (χ2v) is 5.35. The summed E-state index contributed by atoms with van der Waals surface area (Å²) in [5, 5.41) is 11.6. The Hall–Kier alpha value is -2.27. The first kappa shape index (κ1) is 12.7. The molecule has 0 aliphatic heterocycles. The Balaban J connectivity index is 2.05. The number of fused-ring (bicyclic) bond motifs is 1. The van der Waals surface area contributed by atoms with Gasteiger partial charge in [0.25, 0.3) is 5.56 Å². The van der Waals surface area contributed by atoms with Crippen LogP contribution in [0, 0.1) is 0 Å². The molecular formula is C15H13NO3S. The molecule has 4 nitrogen and oxygen atoms in total. The lowest BCUT2D eigenvalue weighted by atomic mass is 10.2. The van der Waals surface area contributed by atoms with Gasteiger partial charge in [0.1, 0.15) is 11.5 Å². The average Bonchev–Trinajstić information content (AvgIpc) is 2.94. The van der Waals surface area contributed by atoms with Gasteiger partial charge in [-0.15, -0.1) is 11.3 Å². The maximum atomic E-state index is 12.1. The third-order valence-corrected chi connectivity index (χ3v) is 4.12. The van der Waals surface area contributed by atoms with Crippen LogP contribution in [-0.4, -0.2) is 16.8 Å². The number of aromatic hydroxyl groups is 1. The molecule has 0 aliphatic carbocycles. The lowest BCUT2D eigenvalue weighted by Crippen LogP contribution is -2.19. The van der Waals surface area contributed by atoms with Gasteiger partial charge < -0.3 is 14.4 Å². The van der Waals surface area contributed by atoms with Crippen LogP contribution >= 0.6 is 11.3 Å². The summed E-state index contributed by atoms with van der Waals surface area (Å²) in [6.45, 7) is 0.469. The lowest BCUT2D eigenvalue weighted by Gasteiger charge is -2.09. The molecule has 0 atom stereocenters. The summed E-state index contributed by atoms with van der Waals surface area (Å²) in [6.07, 6.45) is 0. The van der Waals surface area contributed by atoms with Crippen LogP contribution < -0.4 is 10.3 Å². The van der Waals surface area contributed by atoms with Crippen molar-refractivity contribution < 1.29 is 9.84 Å². The van der Waals surface area contributed by atoms with Gasteiger partial charge in [-0.1, -0.05) is 12.1 Å². The fourth-order valence-electron chi connectivity index (χ4n) is 2.16. The minimum Gasteiger partial charge on any atom is -0.506 e. The number of ether oxygens (including phenoxy) is 1. The molecule has 0 radical (unpaired) electrons. The monoisotopic (exact) mass is 287 g/mol. The Kier molecular flexibility index (Phi) is 3.20. The van der Waals surface area contributed by atoms with Gasteiger partial charge in [0.2, 0.25) is 0 Å². The van der Waals surface area contributed by atoms with Crippen molar-refractivity contribution in [2.24, 2.45) is 0 Å². The Morgan fingerprint density at radius 3 is 2.70 bits per heavy atom. The normalized spacial score (nSPS) is 10.8. The summed E-state index contributed by atoms with van der Waals surface area (Å²) in [5.41, 5.74) is 1.56. The highest BCUT2D eigenvalue weighted by molar-refractivity contribution is 7.17. The molecule has 1 N–H and O–H groups in total. The number of hydrogen-bond donors (Lipinski definition) is 1. The van der Waals surface area contributed by atoms with E-state index in [9.17, 15) is 9.90 Å². The molecule has 0 bridgehead atoms. The third-order valence-electron chi connectivity index (χ3n) is 3.19. The van der Waals surface area contributed by atoms with E-state index in [0.29, 0.717) is 6.54 Å². The van der Waals surface area contributed by atoms with E-state index in [1.807, 2.05) is 35.7 Å². The first-order valence-electron chi connectivity index (χ1n) is 6.12. The fourth-order valence-corrected chi connectivity index (χ4v) is 2.97. The van der Waals surface area contributed by atoms with Crippen molar-refractivity contribution in [3.63, 3.8) is 0 Å². The SMILES string of the molecule is COc1ccc(Cn2c(=O)cc(O)c3sccc32)cc1. The maximum Gasteiger partial charge on any atom is 0.255 e. The van der Waals surface area contributed by atoms with E-state index in [1.165, 1.54) is 17.4 Å². The standard InChI is InChI=1S/C15H13NO3S/c1-19-11-4-2-10(3-5-11)9-16-12-6-7-20-15(12)13(17)8-14(16)18/h2-8,17H,9H2,1H3. The van der Waals surface area contributed by atoms with Crippen molar-refractivity contribution in [2.75, 3.05) is 7.11 Å². The second-order valence-electron chi connectivity index (χ2n) is 4.44. The highest BCUT2D eigenvalue weighted by Crippen LogP contribution is 2.28. The highest BCUT2D eigenvalue weighted by Gasteiger charge is 2.09. The summed E-state index contributed by atoms with van der Waals surface area (Å²) >= 11 is 1.42. The van der Waals surface area contributed by atoms with E-state index < -0.39 is 0 Å². The van der Waals surface area contributed by atoms with Crippen LogP contribution in [0.4, 0.5) is 0 Å². The minimum atomic E-state index is -0.204. The van der Waals surface area contributed by atoms with Gasteiger partial charge >= 0.3 is 0 Å². The molecule has 102 valence electrons. The van der Waals surface area contributed by atoms with Crippen LogP contribution in [0.15, 0.2) is 46.6 Å². The maximum absolute atomic E-state index is 12.1. The first-order chi connectivity index (χ1) is 9.69. The van der Waals surface area contributed by atoms with E-state index in [2.05, 4.69) is 0 Å². The Morgan fingerprint density at radius 2 is 2.00 bits per heavy atom. The third kappa shape index (κ3) is 2.16. The topological polar surface area (TPSA) is 51.5 Å². The molecule has 0 unspecified atom stereocenters. The molecule has 0 aliphatic rings. The fraction of sp³-hybridized carbons (Fsp3) is 0.133. The summed E-state index contributed by atoms with van der Waals surface area (Å²) < 4.78 is 7.51. The number of hydrogen-bond acceptors (Lipinski definition) is 4. The van der Waals surface area contributed by atoms with Crippen molar-refractivity contribution in [3.05, 3.63) is 57.7 Å². The number of methoxy groups -OCH3 is 1. The van der Waals surface area contributed by atoms with Gasteiger partial charge in [-0.2, -0.15) is 0 Å². The van der Waals surface area contributed by atoms with Gasteiger partial charge in [0.15, 0.2) is 0 Å². The Bertz CT molecular complexity index is 802. The van der Waals surface area contributed by atoms with Crippen molar-refractivity contribution >= 4 is 21.6 Å². The number of nitrogens with zero attached hydrogens (tertiary/aromatic N) is 1. The first-order valence-corrected chi connectivity index (χ1v) is 7.00. The van der Waals surface area contributed by atoms with Crippen molar-refractivity contribution in [1.82, 2.24) is 4.57 Å².